The number of rotatable bonds is 6. The van der Waals surface area contributed by atoms with E-state index in [1.807, 2.05) is 18.2 Å². The lowest BCUT2D eigenvalue weighted by Gasteiger charge is -2.16. The Labute approximate surface area is 217 Å². The maximum atomic E-state index is 13.0. The van der Waals surface area contributed by atoms with Crippen LogP contribution in [-0.4, -0.2) is 17.8 Å². The average Bonchev–Trinajstić information content (AvgIpc) is 3.03. The topological polar surface area (TPSA) is 75.7 Å². The molecular weight excluding hydrogens is 511 g/mol. The van der Waals surface area contributed by atoms with E-state index in [1.165, 1.54) is 18.2 Å². The number of amides is 2. The van der Waals surface area contributed by atoms with Crippen molar-refractivity contribution in [2.75, 3.05) is 10.2 Å². The molecule has 0 aromatic heterocycles. The molecule has 178 valence electrons. The number of benzene rings is 3. The van der Waals surface area contributed by atoms with Crippen LogP contribution in [0.3, 0.4) is 0 Å². The van der Waals surface area contributed by atoms with Crippen LogP contribution in [0.1, 0.15) is 35.7 Å². The molecule has 0 atom stereocenters. The molecule has 9 heteroatoms. The number of hydrogen-bond acceptors (Lipinski definition) is 5. The summed E-state index contributed by atoms with van der Waals surface area (Å²) in [4.78, 5) is 39.0. The number of nitrogens with zero attached hydrogens (tertiary/aromatic N) is 1. The molecule has 1 heterocycles. The molecule has 0 saturated heterocycles. The first kappa shape index (κ1) is 24.8. The molecule has 4 rings (SSSR count). The summed E-state index contributed by atoms with van der Waals surface area (Å²) in [5, 5.41) is 3.06. The van der Waals surface area contributed by atoms with Crippen molar-refractivity contribution in [1.29, 1.82) is 0 Å². The number of imide groups is 1. The summed E-state index contributed by atoms with van der Waals surface area (Å²) in [6, 6.07) is 18.0. The second kappa shape index (κ2) is 10.1. The number of carbonyl (C=O) groups excluding carboxylic acids is 3. The van der Waals surface area contributed by atoms with Gasteiger partial charge in [0.1, 0.15) is 16.5 Å². The summed E-state index contributed by atoms with van der Waals surface area (Å²) in [7, 11) is 0. The normalized spacial score (nSPS) is 13.6. The Morgan fingerprint density at radius 3 is 2.29 bits per heavy atom. The first-order valence-electron chi connectivity index (χ1n) is 10.6. The van der Waals surface area contributed by atoms with E-state index in [2.05, 4.69) is 19.2 Å². The van der Waals surface area contributed by atoms with Crippen molar-refractivity contribution < 1.29 is 19.1 Å². The van der Waals surface area contributed by atoms with Crippen molar-refractivity contribution in [3.05, 3.63) is 98.6 Å². The zero-order valence-corrected chi connectivity index (χ0v) is 20.9. The third kappa shape index (κ3) is 5.20. The number of halogens is 3. The van der Waals surface area contributed by atoms with Crippen LogP contribution in [0.4, 0.5) is 11.4 Å². The van der Waals surface area contributed by atoms with Gasteiger partial charge in [0.2, 0.25) is 0 Å². The molecule has 0 saturated carbocycles. The van der Waals surface area contributed by atoms with Crippen molar-refractivity contribution in [3.63, 3.8) is 0 Å². The maximum absolute atomic E-state index is 13.0. The van der Waals surface area contributed by atoms with Crippen molar-refractivity contribution in [1.82, 2.24) is 0 Å². The maximum Gasteiger partial charge on any atom is 0.343 e. The van der Waals surface area contributed by atoms with Gasteiger partial charge in [0, 0.05) is 10.7 Å². The predicted molar refractivity (Wildman–Crippen MR) is 137 cm³/mol. The lowest BCUT2D eigenvalue weighted by atomic mass is 10.0. The molecule has 3 aromatic carbocycles. The summed E-state index contributed by atoms with van der Waals surface area (Å²) in [5.41, 5.74) is 1.88. The van der Waals surface area contributed by atoms with Gasteiger partial charge in [0.15, 0.2) is 0 Å². The van der Waals surface area contributed by atoms with Crippen LogP contribution < -0.4 is 15.0 Å². The monoisotopic (exact) mass is 528 g/mol. The molecule has 3 aromatic rings. The molecule has 0 aliphatic carbocycles. The van der Waals surface area contributed by atoms with Crippen molar-refractivity contribution in [3.8, 4) is 5.75 Å². The summed E-state index contributed by atoms with van der Waals surface area (Å²) in [6.45, 7) is 4.11. The Hall–Kier alpha value is -3.32. The van der Waals surface area contributed by atoms with Gasteiger partial charge in [-0.3, -0.25) is 9.59 Å². The van der Waals surface area contributed by atoms with Crippen molar-refractivity contribution in [2.45, 2.75) is 19.8 Å². The van der Waals surface area contributed by atoms with Crippen LogP contribution in [0.25, 0.3) is 0 Å². The van der Waals surface area contributed by atoms with Gasteiger partial charge in [-0.25, -0.2) is 9.69 Å². The van der Waals surface area contributed by atoms with Gasteiger partial charge in [0.05, 0.1) is 16.3 Å². The van der Waals surface area contributed by atoms with E-state index in [4.69, 9.17) is 39.5 Å². The molecule has 0 bridgehead atoms. The molecule has 2 amide bonds. The first-order chi connectivity index (χ1) is 16.7. The van der Waals surface area contributed by atoms with E-state index in [0.717, 1.165) is 10.5 Å². The summed E-state index contributed by atoms with van der Waals surface area (Å²) in [5.74, 6) is -1.15. The van der Waals surface area contributed by atoms with Crippen LogP contribution in [0.15, 0.2) is 77.5 Å². The Balaban J connectivity index is 1.48. The molecule has 1 N–H and O–H groups in total. The van der Waals surface area contributed by atoms with Crippen LogP contribution in [0.5, 0.6) is 5.75 Å². The van der Waals surface area contributed by atoms with E-state index < -0.39 is 17.8 Å². The number of ether oxygens (including phenoxy) is 1. The summed E-state index contributed by atoms with van der Waals surface area (Å²) < 4.78 is 5.48. The molecule has 0 fully saturated rings. The van der Waals surface area contributed by atoms with Crippen molar-refractivity contribution in [2.24, 2.45) is 0 Å². The molecule has 0 spiro atoms. The van der Waals surface area contributed by atoms with E-state index in [1.54, 1.807) is 30.3 Å². The summed E-state index contributed by atoms with van der Waals surface area (Å²) in [6.07, 6.45) is 0. The lowest BCUT2D eigenvalue weighted by Crippen LogP contribution is -2.32. The number of hydrogen-bond donors (Lipinski definition) is 1. The van der Waals surface area contributed by atoms with Gasteiger partial charge in [0.25, 0.3) is 11.8 Å². The quantitative estimate of drug-likeness (QED) is 0.217. The van der Waals surface area contributed by atoms with Gasteiger partial charge >= 0.3 is 5.97 Å². The highest BCUT2D eigenvalue weighted by Crippen LogP contribution is 2.35. The fourth-order valence-corrected chi connectivity index (χ4v) is 4.14. The van der Waals surface area contributed by atoms with Crippen LogP contribution in [0.2, 0.25) is 10.0 Å². The average molecular weight is 530 g/mol. The van der Waals surface area contributed by atoms with E-state index in [9.17, 15) is 14.4 Å². The molecule has 35 heavy (non-hydrogen) atoms. The fourth-order valence-electron chi connectivity index (χ4n) is 3.43. The van der Waals surface area contributed by atoms with Crippen LogP contribution in [-0.2, 0) is 9.59 Å². The van der Waals surface area contributed by atoms with E-state index in [0.29, 0.717) is 27.9 Å². The largest absolute Gasteiger partial charge is 0.423 e. The minimum absolute atomic E-state index is 0.108. The Morgan fingerprint density at radius 2 is 1.63 bits per heavy atom. The number of esters is 1. The highest BCUT2D eigenvalue weighted by atomic mass is 35.5. The predicted octanol–water partition coefficient (Wildman–Crippen LogP) is 6.77. The lowest BCUT2D eigenvalue weighted by molar-refractivity contribution is -0.120. The summed E-state index contributed by atoms with van der Waals surface area (Å²) >= 11 is 18.2. The third-order valence-corrected chi connectivity index (χ3v) is 6.19. The molecule has 0 radical (unpaired) electrons. The van der Waals surface area contributed by atoms with Gasteiger partial charge in [-0.05, 0) is 66.1 Å². The minimum atomic E-state index is -0.716. The minimum Gasteiger partial charge on any atom is -0.423 e. The van der Waals surface area contributed by atoms with E-state index in [-0.39, 0.29) is 21.4 Å². The smallest absolute Gasteiger partial charge is 0.343 e. The zero-order chi connectivity index (χ0) is 25.3. The van der Waals surface area contributed by atoms with Crippen LogP contribution >= 0.6 is 34.8 Å². The molecule has 1 aliphatic heterocycles. The van der Waals surface area contributed by atoms with Crippen molar-refractivity contribution >= 4 is 64.0 Å². The van der Waals surface area contributed by atoms with Gasteiger partial charge < -0.3 is 10.1 Å². The highest BCUT2D eigenvalue weighted by molar-refractivity contribution is 6.53. The standard InChI is InChI=1S/C26H19Cl3N2O4/c1-14(2)16-4-3-5-19(12-16)35-26(34)15-6-9-18(10-7-15)30-23-22(29)24(32)31(25(23)33)21-11-8-17(27)13-20(21)28/h3-14,30H,1-2H3. The second-order valence-electron chi connectivity index (χ2n) is 8.05. The fraction of sp³-hybridized carbons (Fsp3) is 0.115. The first-order valence-corrected chi connectivity index (χ1v) is 11.7. The highest BCUT2D eigenvalue weighted by Gasteiger charge is 2.39. The second-order valence-corrected chi connectivity index (χ2v) is 9.27. The zero-order valence-electron chi connectivity index (χ0n) is 18.6. The SMILES string of the molecule is CC(C)c1cccc(OC(=O)c2ccc(NC3=C(Cl)C(=O)N(c4ccc(Cl)cc4Cl)C3=O)cc2)c1. The Bertz CT molecular complexity index is 1370. The van der Waals surface area contributed by atoms with E-state index >= 15 is 0 Å². The third-order valence-electron chi connectivity index (χ3n) is 5.30. The Morgan fingerprint density at radius 1 is 0.914 bits per heavy atom. The number of carbonyl (C=O) groups is 3. The molecule has 0 unspecified atom stereocenters. The van der Waals surface area contributed by atoms with Gasteiger partial charge in [-0.1, -0.05) is 60.8 Å². The number of anilines is 2. The molecule has 6 nitrogen and oxygen atoms in total. The Kier molecular flexibility index (Phi) is 7.17. The molecular formula is C26H19Cl3N2O4. The number of nitrogens with one attached hydrogen (secondary N) is 1. The molecule has 1 aliphatic rings. The van der Waals surface area contributed by atoms with Crippen LogP contribution in [0, 0.1) is 0 Å². The van der Waals surface area contributed by atoms with Gasteiger partial charge in [-0.15, -0.1) is 0 Å². The van der Waals surface area contributed by atoms with Gasteiger partial charge in [-0.2, -0.15) is 0 Å².